The molecule has 2 amide bonds. The Morgan fingerprint density at radius 2 is 1.82 bits per heavy atom. The van der Waals surface area contributed by atoms with Crippen LogP contribution in [-0.4, -0.2) is 45.5 Å². The monoisotopic (exact) mass is 399 g/mol. The van der Waals surface area contributed by atoms with Gasteiger partial charge in [0.05, 0.1) is 13.2 Å². The quantitative estimate of drug-likeness (QED) is 0.860. The van der Waals surface area contributed by atoms with Gasteiger partial charge in [-0.25, -0.2) is 14.3 Å². The number of anilines is 1. The van der Waals surface area contributed by atoms with Crippen molar-refractivity contribution in [2.45, 2.75) is 25.1 Å². The van der Waals surface area contributed by atoms with E-state index in [2.05, 4.69) is 10.4 Å². The highest BCUT2D eigenvalue weighted by Crippen LogP contribution is 2.28. The minimum Gasteiger partial charge on any atom is -0.497 e. The maximum Gasteiger partial charge on any atom is 0.451 e. The van der Waals surface area contributed by atoms with E-state index in [0.717, 1.165) is 11.7 Å². The second-order valence-corrected chi connectivity index (χ2v) is 6.48. The van der Waals surface area contributed by atoms with E-state index in [1.807, 2.05) is 0 Å². The smallest absolute Gasteiger partial charge is 0.451 e. The predicted molar refractivity (Wildman–Crippen MR) is 94.3 cm³/mol. The van der Waals surface area contributed by atoms with Crippen LogP contribution < -0.4 is 15.7 Å². The van der Waals surface area contributed by atoms with Gasteiger partial charge < -0.3 is 15.0 Å². The zero-order valence-corrected chi connectivity index (χ0v) is 15.4. The first-order valence-electron chi connectivity index (χ1n) is 8.63. The molecule has 1 fully saturated rings. The van der Waals surface area contributed by atoms with E-state index in [-0.39, 0.29) is 6.03 Å². The van der Waals surface area contributed by atoms with Crippen molar-refractivity contribution in [3.8, 4) is 5.75 Å². The number of ether oxygens (including phenoxy) is 1. The van der Waals surface area contributed by atoms with Crippen LogP contribution in [0.2, 0.25) is 0 Å². The van der Waals surface area contributed by atoms with Gasteiger partial charge in [-0.2, -0.15) is 13.2 Å². The summed E-state index contributed by atoms with van der Waals surface area (Å²) in [6.45, 7) is 0.605. The molecule has 1 aromatic carbocycles. The molecule has 1 N–H and O–H groups in total. The van der Waals surface area contributed by atoms with E-state index >= 15 is 0 Å². The summed E-state index contributed by atoms with van der Waals surface area (Å²) >= 11 is 0. The fraction of sp³-hybridized carbons (Fsp3) is 0.471. The molecule has 1 saturated heterocycles. The molecule has 0 bridgehead atoms. The molecule has 2 heterocycles. The fourth-order valence-electron chi connectivity index (χ4n) is 3.13. The number of alkyl halides is 3. The Morgan fingerprint density at radius 3 is 2.32 bits per heavy atom. The summed E-state index contributed by atoms with van der Waals surface area (Å²) in [5, 5.41) is 6.23. The van der Waals surface area contributed by atoms with Crippen LogP contribution in [0.15, 0.2) is 29.1 Å². The van der Waals surface area contributed by atoms with Crippen molar-refractivity contribution < 1.29 is 22.7 Å². The number of carbonyl (C=O) groups is 1. The third-order valence-corrected chi connectivity index (χ3v) is 4.70. The zero-order chi connectivity index (χ0) is 20.5. The van der Waals surface area contributed by atoms with Crippen LogP contribution in [0.3, 0.4) is 0 Å². The van der Waals surface area contributed by atoms with Crippen LogP contribution in [0.1, 0.15) is 24.7 Å². The molecule has 2 aromatic rings. The number of rotatable bonds is 3. The van der Waals surface area contributed by atoms with Gasteiger partial charge in [-0.05, 0) is 37.1 Å². The molecular weight excluding hydrogens is 379 g/mol. The van der Waals surface area contributed by atoms with Crippen LogP contribution in [0, 0.1) is 0 Å². The van der Waals surface area contributed by atoms with Crippen molar-refractivity contribution in [2.75, 3.05) is 25.5 Å². The lowest BCUT2D eigenvalue weighted by Crippen LogP contribution is -2.43. The Bertz CT molecular complexity index is 896. The standard InChI is InChI=1S/C17H20F3N5O3/c1-23-14(17(18,19)20)22-25(16(23)27)12-7-9-24(10-8-12)15(26)21-11-3-5-13(28-2)6-4-11/h3-6,12H,7-10H2,1-2H3,(H,21,26). The number of benzene rings is 1. The SMILES string of the molecule is COc1ccc(NC(=O)N2CCC(n3nc(C(F)(F)F)n(C)c3=O)CC2)cc1. The van der Waals surface area contributed by atoms with E-state index in [1.165, 1.54) is 0 Å². The van der Waals surface area contributed by atoms with E-state index in [4.69, 9.17) is 4.74 Å². The van der Waals surface area contributed by atoms with Gasteiger partial charge in [0, 0.05) is 25.8 Å². The summed E-state index contributed by atoms with van der Waals surface area (Å²) in [7, 11) is 2.59. The molecule has 0 saturated carbocycles. The number of nitrogens with one attached hydrogen (secondary N) is 1. The number of hydrogen-bond acceptors (Lipinski definition) is 4. The van der Waals surface area contributed by atoms with Gasteiger partial charge >= 0.3 is 17.9 Å². The highest BCUT2D eigenvalue weighted by Gasteiger charge is 2.39. The molecule has 0 aliphatic carbocycles. The molecular formula is C17H20F3N5O3. The minimum absolute atomic E-state index is 0.303. The number of hydrogen-bond donors (Lipinski definition) is 1. The molecule has 0 spiro atoms. The van der Waals surface area contributed by atoms with E-state index in [9.17, 15) is 22.8 Å². The molecule has 1 aliphatic heterocycles. The van der Waals surface area contributed by atoms with E-state index in [0.29, 0.717) is 41.9 Å². The number of urea groups is 1. The lowest BCUT2D eigenvalue weighted by atomic mass is 10.1. The summed E-state index contributed by atoms with van der Waals surface area (Å²) in [4.78, 5) is 26.0. The van der Waals surface area contributed by atoms with E-state index in [1.54, 1.807) is 36.3 Å². The summed E-state index contributed by atoms with van der Waals surface area (Å²) < 4.78 is 45.2. The van der Waals surface area contributed by atoms with Crippen LogP contribution in [-0.2, 0) is 13.2 Å². The summed E-state index contributed by atoms with van der Waals surface area (Å²) in [5.74, 6) is -0.560. The molecule has 152 valence electrons. The van der Waals surface area contributed by atoms with Gasteiger partial charge in [-0.1, -0.05) is 0 Å². The third kappa shape index (κ3) is 3.97. The van der Waals surface area contributed by atoms with Gasteiger partial charge in [-0.15, -0.1) is 5.10 Å². The topological polar surface area (TPSA) is 81.4 Å². The Hall–Kier alpha value is -2.98. The normalized spacial score (nSPS) is 15.5. The zero-order valence-electron chi connectivity index (χ0n) is 15.4. The maximum atomic E-state index is 12.9. The first kappa shape index (κ1) is 19.8. The van der Waals surface area contributed by atoms with Gasteiger partial charge in [0.15, 0.2) is 0 Å². The lowest BCUT2D eigenvalue weighted by molar-refractivity contribution is -0.147. The van der Waals surface area contributed by atoms with Crippen molar-refractivity contribution in [2.24, 2.45) is 7.05 Å². The average molecular weight is 399 g/mol. The van der Waals surface area contributed by atoms with Crippen molar-refractivity contribution in [1.82, 2.24) is 19.2 Å². The highest BCUT2D eigenvalue weighted by atomic mass is 19.4. The first-order valence-corrected chi connectivity index (χ1v) is 8.63. The Kier molecular flexibility index (Phi) is 5.34. The Balaban J connectivity index is 1.63. The molecule has 8 nitrogen and oxygen atoms in total. The van der Waals surface area contributed by atoms with Crippen molar-refractivity contribution in [1.29, 1.82) is 0 Å². The van der Waals surface area contributed by atoms with Crippen molar-refractivity contribution >= 4 is 11.7 Å². The predicted octanol–water partition coefficient (Wildman–Crippen LogP) is 2.48. The number of aromatic nitrogens is 3. The highest BCUT2D eigenvalue weighted by molar-refractivity contribution is 5.89. The van der Waals surface area contributed by atoms with E-state index < -0.39 is 23.7 Å². The number of likely N-dealkylation sites (tertiary alicyclic amines) is 1. The average Bonchev–Trinajstić information content (AvgIpc) is 2.98. The number of halogens is 3. The molecule has 3 rings (SSSR count). The van der Waals surface area contributed by atoms with Crippen LogP contribution in [0.25, 0.3) is 0 Å². The number of methoxy groups -OCH3 is 1. The van der Waals surface area contributed by atoms with Crippen molar-refractivity contribution in [3.05, 3.63) is 40.6 Å². The number of carbonyl (C=O) groups excluding carboxylic acids is 1. The Labute approximate surface area is 158 Å². The maximum absolute atomic E-state index is 12.9. The molecule has 0 radical (unpaired) electrons. The number of amides is 2. The summed E-state index contributed by atoms with van der Waals surface area (Å²) in [6.07, 6.45) is -4.02. The molecule has 28 heavy (non-hydrogen) atoms. The van der Waals surface area contributed by atoms with Gasteiger partial charge in [0.25, 0.3) is 0 Å². The summed E-state index contributed by atoms with van der Waals surface area (Å²) in [5.41, 5.74) is -0.211. The molecule has 0 unspecified atom stereocenters. The summed E-state index contributed by atoms with van der Waals surface area (Å²) in [6, 6.07) is 6.04. The van der Waals surface area contributed by atoms with Gasteiger partial charge in [0.2, 0.25) is 5.82 Å². The van der Waals surface area contributed by atoms with Crippen LogP contribution >= 0.6 is 0 Å². The van der Waals surface area contributed by atoms with Crippen LogP contribution in [0.4, 0.5) is 23.7 Å². The second kappa shape index (κ2) is 7.56. The molecule has 0 atom stereocenters. The first-order chi connectivity index (χ1) is 13.2. The lowest BCUT2D eigenvalue weighted by Gasteiger charge is -2.31. The molecule has 1 aromatic heterocycles. The molecule has 11 heteroatoms. The van der Waals surface area contributed by atoms with Gasteiger partial charge in [-0.3, -0.25) is 4.57 Å². The minimum atomic E-state index is -4.70. The van der Waals surface area contributed by atoms with Gasteiger partial charge in [0.1, 0.15) is 5.75 Å². The number of piperidine rings is 1. The van der Waals surface area contributed by atoms with Crippen molar-refractivity contribution in [3.63, 3.8) is 0 Å². The number of nitrogens with zero attached hydrogens (tertiary/aromatic N) is 4. The Morgan fingerprint density at radius 1 is 1.21 bits per heavy atom. The second-order valence-electron chi connectivity index (χ2n) is 6.48. The van der Waals surface area contributed by atoms with Crippen LogP contribution in [0.5, 0.6) is 5.75 Å². The fourth-order valence-corrected chi connectivity index (χ4v) is 3.13. The largest absolute Gasteiger partial charge is 0.497 e. The molecule has 1 aliphatic rings. The third-order valence-electron chi connectivity index (χ3n) is 4.70.